The van der Waals surface area contributed by atoms with Crippen molar-refractivity contribution in [3.8, 4) is 22.8 Å². The number of benzene rings is 5. The molecule has 0 bridgehead atoms. The molecule has 0 fully saturated rings. The molecule has 0 N–H and O–H groups in total. The highest BCUT2D eigenvalue weighted by atomic mass is 16.5. The van der Waals surface area contributed by atoms with Crippen LogP contribution in [0.4, 0.5) is 17.1 Å². The minimum absolute atomic E-state index is 0.0568. The van der Waals surface area contributed by atoms with Gasteiger partial charge in [-0.05, 0) is 89.9 Å². The van der Waals surface area contributed by atoms with Gasteiger partial charge in [0.25, 0.3) is 6.71 Å². The quantitative estimate of drug-likeness (QED) is 0.179. The van der Waals surface area contributed by atoms with Gasteiger partial charge in [0.1, 0.15) is 17.1 Å². The predicted octanol–water partition coefficient (Wildman–Crippen LogP) is 9.50. The summed E-state index contributed by atoms with van der Waals surface area (Å²) < 4.78 is 13.3. The monoisotopic (exact) mass is 624 g/mol. The zero-order chi connectivity index (χ0) is 33.0. The Balaban J connectivity index is 1.21. The van der Waals surface area contributed by atoms with Gasteiger partial charge < -0.3 is 14.1 Å². The number of hydrogen-bond acceptors (Lipinski definition) is 4. The number of aromatic nitrogens is 1. The summed E-state index contributed by atoms with van der Waals surface area (Å²) in [5.74, 6) is 1.54. The Morgan fingerprint density at radius 1 is 0.688 bits per heavy atom. The van der Waals surface area contributed by atoms with Crippen LogP contribution in [0.1, 0.15) is 37.5 Å². The molecule has 0 amide bonds. The third-order valence-corrected chi connectivity index (χ3v) is 9.42. The topological polar surface area (TPSA) is 38.5 Å². The van der Waals surface area contributed by atoms with Crippen molar-refractivity contribution in [3.05, 3.63) is 150 Å². The zero-order valence-corrected chi connectivity index (χ0v) is 28.0. The number of furan rings is 1. The molecule has 0 saturated carbocycles. The Morgan fingerprint density at radius 3 is 2.17 bits per heavy atom. The second-order valence-corrected chi connectivity index (χ2v) is 13.8. The minimum Gasteiger partial charge on any atom is -0.468 e. The number of anilines is 3. The number of para-hydroxylation sites is 3. The van der Waals surface area contributed by atoms with E-state index in [-0.39, 0.29) is 12.1 Å². The van der Waals surface area contributed by atoms with Crippen LogP contribution in [0.5, 0.6) is 11.5 Å². The lowest BCUT2D eigenvalue weighted by molar-refractivity contribution is 0.483. The maximum atomic E-state index is 6.81. The molecule has 7 aromatic rings. The van der Waals surface area contributed by atoms with E-state index in [1.54, 1.807) is 0 Å². The van der Waals surface area contributed by atoms with Gasteiger partial charge in [-0.15, -0.1) is 0 Å². The average molecular weight is 625 g/mol. The standard InChI is InChI=1S/C43H37BN2O2/c1-28-13-10-14-29(2)40(28)46-38-21-8-7-20-36(38)44(42-41(46)35-19-6-9-22-39(35)48-42)32-16-12-18-34(26-32)47-33-17-11-15-30(25-33)37-24-23-31(27-45-37)43(3,4)5/h6-27H,1-5H3. The Labute approximate surface area is 282 Å². The van der Waals surface area contributed by atoms with E-state index in [0.717, 1.165) is 56.2 Å². The summed E-state index contributed by atoms with van der Waals surface area (Å²) in [4.78, 5) is 7.18. The molecule has 0 aliphatic carbocycles. The van der Waals surface area contributed by atoms with Crippen LogP contribution in [0.3, 0.4) is 0 Å². The highest BCUT2D eigenvalue weighted by Gasteiger charge is 2.40. The first-order chi connectivity index (χ1) is 23.3. The molecule has 1 aliphatic heterocycles. The van der Waals surface area contributed by atoms with E-state index in [9.17, 15) is 0 Å². The molecule has 0 radical (unpaired) electrons. The van der Waals surface area contributed by atoms with E-state index < -0.39 is 0 Å². The van der Waals surface area contributed by atoms with Crippen molar-refractivity contribution in [3.63, 3.8) is 0 Å². The summed E-state index contributed by atoms with van der Waals surface area (Å²) in [7, 11) is 0. The maximum Gasteiger partial charge on any atom is 0.292 e. The number of aryl methyl sites for hydroxylation is 2. The van der Waals surface area contributed by atoms with Crippen LogP contribution in [0.2, 0.25) is 0 Å². The summed E-state index contributed by atoms with van der Waals surface area (Å²) in [5.41, 5.74) is 13.2. The molecule has 0 unspecified atom stereocenters. The molecule has 8 rings (SSSR count). The lowest BCUT2D eigenvalue weighted by Gasteiger charge is -2.36. The van der Waals surface area contributed by atoms with Gasteiger partial charge in [0.05, 0.1) is 22.7 Å². The molecule has 48 heavy (non-hydrogen) atoms. The first-order valence-corrected chi connectivity index (χ1v) is 16.6. The van der Waals surface area contributed by atoms with Gasteiger partial charge in [-0.25, -0.2) is 0 Å². The summed E-state index contributed by atoms with van der Waals surface area (Å²) in [5, 5.41) is 1.10. The first kappa shape index (κ1) is 29.8. The van der Waals surface area contributed by atoms with Gasteiger partial charge in [-0.3, -0.25) is 4.98 Å². The van der Waals surface area contributed by atoms with E-state index in [2.05, 4.69) is 143 Å². The number of rotatable bonds is 5. The third kappa shape index (κ3) is 5.16. The fourth-order valence-corrected chi connectivity index (χ4v) is 7.02. The van der Waals surface area contributed by atoms with Gasteiger partial charge in [0.2, 0.25) is 0 Å². The van der Waals surface area contributed by atoms with Crippen LogP contribution in [-0.2, 0) is 5.41 Å². The molecule has 2 aromatic heterocycles. The summed E-state index contributed by atoms with van der Waals surface area (Å²) >= 11 is 0. The molecule has 0 saturated heterocycles. The predicted molar refractivity (Wildman–Crippen MR) is 200 cm³/mol. The Morgan fingerprint density at radius 2 is 1.40 bits per heavy atom. The Bertz CT molecular complexity index is 2280. The highest BCUT2D eigenvalue weighted by molar-refractivity contribution is 6.97. The maximum absolute atomic E-state index is 6.81. The van der Waals surface area contributed by atoms with Gasteiger partial charge >= 0.3 is 0 Å². The lowest BCUT2D eigenvalue weighted by Crippen LogP contribution is -2.56. The number of hydrogen-bond donors (Lipinski definition) is 0. The largest absolute Gasteiger partial charge is 0.468 e. The van der Waals surface area contributed by atoms with E-state index in [0.29, 0.717) is 0 Å². The molecule has 1 aliphatic rings. The van der Waals surface area contributed by atoms with Crippen LogP contribution in [-0.4, -0.2) is 11.7 Å². The van der Waals surface area contributed by atoms with Crippen molar-refractivity contribution < 1.29 is 9.15 Å². The van der Waals surface area contributed by atoms with Gasteiger partial charge in [-0.2, -0.15) is 0 Å². The fourth-order valence-electron chi connectivity index (χ4n) is 7.02. The molecule has 234 valence electrons. The van der Waals surface area contributed by atoms with Crippen LogP contribution in [0.25, 0.3) is 22.2 Å². The van der Waals surface area contributed by atoms with Crippen molar-refractivity contribution >= 4 is 51.3 Å². The van der Waals surface area contributed by atoms with Gasteiger partial charge in [-0.1, -0.05) is 105 Å². The van der Waals surface area contributed by atoms with E-state index >= 15 is 0 Å². The van der Waals surface area contributed by atoms with Crippen molar-refractivity contribution in [1.29, 1.82) is 0 Å². The van der Waals surface area contributed by atoms with Crippen molar-refractivity contribution in [2.24, 2.45) is 0 Å². The second kappa shape index (κ2) is 11.6. The molecule has 4 nitrogen and oxygen atoms in total. The molecule has 0 spiro atoms. The molecule has 0 atom stereocenters. The smallest absolute Gasteiger partial charge is 0.292 e. The third-order valence-electron chi connectivity index (χ3n) is 9.42. The van der Waals surface area contributed by atoms with Crippen molar-refractivity contribution in [2.45, 2.75) is 40.0 Å². The van der Waals surface area contributed by atoms with Gasteiger partial charge in [0, 0.05) is 22.8 Å². The number of ether oxygens (including phenoxy) is 1. The molecule has 5 heteroatoms. The first-order valence-electron chi connectivity index (χ1n) is 16.6. The average Bonchev–Trinajstić information content (AvgIpc) is 3.47. The van der Waals surface area contributed by atoms with E-state index in [1.807, 2.05) is 30.5 Å². The highest BCUT2D eigenvalue weighted by Crippen LogP contribution is 2.43. The Kier molecular flexibility index (Phi) is 7.21. The number of fused-ring (bicyclic) bond motifs is 4. The van der Waals surface area contributed by atoms with Crippen LogP contribution in [0, 0.1) is 13.8 Å². The molecular weight excluding hydrogens is 587 g/mol. The zero-order valence-electron chi connectivity index (χ0n) is 28.0. The Hall–Kier alpha value is -5.55. The van der Waals surface area contributed by atoms with Crippen molar-refractivity contribution in [1.82, 2.24) is 4.98 Å². The number of nitrogens with zero attached hydrogens (tertiary/aromatic N) is 2. The minimum atomic E-state index is -0.121. The normalized spacial score (nSPS) is 12.6. The van der Waals surface area contributed by atoms with E-state index in [1.165, 1.54) is 27.8 Å². The van der Waals surface area contributed by atoms with Crippen LogP contribution in [0.15, 0.2) is 138 Å². The summed E-state index contributed by atoms with van der Waals surface area (Å²) in [6.45, 7) is 10.9. The van der Waals surface area contributed by atoms with Crippen LogP contribution >= 0.6 is 0 Å². The number of pyridine rings is 1. The summed E-state index contributed by atoms with van der Waals surface area (Å²) in [6.07, 6.45) is 1.97. The van der Waals surface area contributed by atoms with Gasteiger partial charge in [0.15, 0.2) is 0 Å². The SMILES string of the molecule is Cc1cccc(C)c1N1c2ccccc2B(c2cccc(Oc3cccc(-c4ccc(C(C)(C)C)cn4)c3)c2)c2oc3ccccc3c21. The van der Waals surface area contributed by atoms with Crippen molar-refractivity contribution in [2.75, 3.05) is 4.90 Å². The molecular formula is C43H37BN2O2. The van der Waals surface area contributed by atoms with Crippen LogP contribution < -0.4 is 26.2 Å². The molecule has 3 heterocycles. The summed E-state index contributed by atoms with van der Waals surface area (Å²) in [6, 6.07) is 44.4. The van der Waals surface area contributed by atoms with E-state index in [4.69, 9.17) is 14.1 Å². The molecule has 5 aromatic carbocycles. The lowest BCUT2D eigenvalue weighted by atomic mass is 9.37. The fraction of sp³-hybridized carbons (Fsp3) is 0.140. The second-order valence-electron chi connectivity index (χ2n) is 13.8.